The lowest BCUT2D eigenvalue weighted by Gasteiger charge is -2.27. The first kappa shape index (κ1) is 14.6. The summed E-state index contributed by atoms with van der Waals surface area (Å²) in [5.41, 5.74) is 1.20. The molecular formula is C13H20BrNO2. The molecule has 0 aliphatic rings. The molecule has 1 rings (SSSR count). The summed E-state index contributed by atoms with van der Waals surface area (Å²) in [5.74, 6) is 0. The third-order valence-electron chi connectivity index (χ3n) is 2.76. The first-order valence-corrected chi connectivity index (χ1v) is 6.51. The summed E-state index contributed by atoms with van der Waals surface area (Å²) in [5, 5.41) is 21.2. The number of nitrogens with one attached hydrogen (secondary N) is 1. The molecule has 0 spiro atoms. The molecule has 0 aliphatic heterocycles. The van der Waals surface area contributed by atoms with Crippen molar-refractivity contribution in [1.29, 1.82) is 0 Å². The van der Waals surface area contributed by atoms with Crippen LogP contribution in [0.15, 0.2) is 28.7 Å². The number of aliphatic hydroxyl groups excluding tert-OH is 2. The van der Waals surface area contributed by atoms with Gasteiger partial charge in [-0.1, -0.05) is 48.0 Å². The molecule has 1 aromatic carbocycles. The molecule has 0 aromatic heterocycles. The maximum atomic E-state index is 9.26. The SMILES string of the molecule is CC(C)(CNCC(O)CO)c1ccccc1Br. The summed E-state index contributed by atoms with van der Waals surface area (Å²) in [4.78, 5) is 0. The van der Waals surface area contributed by atoms with E-state index in [9.17, 15) is 5.11 Å². The van der Waals surface area contributed by atoms with Gasteiger partial charge in [0, 0.05) is 23.0 Å². The fourth-order valence-electron chi connectivity index (χ4n) is 1.72. The van der Waals surface area contributed by atoms with Crippen molar-refractivity contribution in [3.05, 3.63) is 34.3 Å². The molecular weight excluding hydrogens is 282 g/mol. The minimum absolute atomic E-state index is 0.0325. The molecule has 0 radical (unpaired) electrons. The average Bonchev–Trinajstić information content (AvgIpc) is 2.28. The first-order valence-electron chi connectivity index (χ1n) is 5.72. The number of benzene rings is 1. The largest absolute Gasteiger partial charge is 0.394 e. The smallest absolute Gasteiger partial charge is 0.0894 e. The van der Waals surface area contributed by atoms with Gasteiger partial charge in [0.25, 0.3) is 0 Å². The van der Waals surface area contributed by atoms with Crippen molar-refractivity contribution in [3.8, 4) is 0 Å². The number of aliphatic hydroxyl groups is 2. The predicted molar refractivity (Wildman–Crippen MR) is 73.1 cm³/mol. The zero-order chi connectivity index (χ0) is 12.9. The topological polar surface area (TPSA) is 52.5 Å². The van der Waals surface area contributed by atoms with E-state index in [1.54, 1.807) is 0 Å². The monoisotopic (exact) mass is 301 g/mol. The lowest BCUT2D eigenvalue weighted by molar-refractivity contribution is 0.0934. The molecule has 3 nitrogen and oxygen atoms in total. The van der Waals surface area contributed by atoms with Gasteiger partial charge in [-0.2, -0.15) is 0 Å². The highest BCUT2D eigenvalue weighted by molar-refractivity contribution is 9.10. The first-order chi connectivity index (χ1) is 7.97. The van der Waals surface area contributed by atoms with Crippen LogP contribution in [-0.4, -0.2) is 36.0 Å². The van der Waals surface area contributed by atoms with Crippen molar-refractivity contribution in [2.24, 2.45) is 0 Å². The van der Waals surface area contributed by atoms with Crippen LogP contribution in [0.25, 0.3) is 0 Å². The van der Waals surface area contributed by atoms with Gasteiger partial charge >= 0.3 is 0 Å². The van der Waals surface area contributed by atoms with Gasteiger partial charge in [0.15, 0.2) is 0 Å². The Kier molecular flexibility index (Phi) is 5.59. The van der Waals surface area contributed by atoms with E-state index in [0.717, 1.165) is 11.0 Å². The summed E-state index contributed by atoms with van der Waals surface area (Å²) in [6.07, 6.45) is -0.690. The Morgan fingerprint density at radius 2 is 2.00 bits per heavy atom. The van der Waals surface area contributed by atoms with Crippen LogP contribution in [0.1, 0.15) is 19.4 Å². The molecule has 1 atom stereocenters. The van der Waals surface area contributed by atoms with Crippen molar-refractivity contribution >= 4 is 15.9 Å². The summed E-state index contributed by atoms with van der Waals surface area (Å²) >= 11 is 3.55. The van der Waals surface area contributed by atoms with Crippen molar-refractivity contribution < 1.29 is 10.2 Å². The Labute approximate surface area is 111 Å². The Morgan fingerprint density at radius 1 is 1.35 bits per heavy atom. The molecule has 96 valence electrons. The zero-order valence-corrected chi connectivity index (χ0v) is 11.9. The lowest BCUT2D eigenvalue weighted by atomic mass is 9.84. The molecule has 3 N–H and O–H groups in total. The van der Waals surface area contributed by atoms with Crippen LogP contribution in [0.5, 0.6) is 0 Å². The summed E-state index contributed by atoms with van der Waals surface area (Å²) in [6, 6.07) is 8.13. The third kappa shape index (κ3) is 4.39. The number of hydrogen-bond acceptors (Lipinski definition) is 3. The van der Waals surface area contributed by atoms with Gasteiger partial charge < -0.3 is 15.5 Å². The van der Waals surface area contributed by atoms with Crippen LogP contribution >= 0.6 is 15.9 Å². The van der Waals surface area contributed by atoms with E-state index in [0.29, 0.717) is 6.54 Å². The van der Waals surface area contributed by atoms with E-state index in [2.05, 4.69) is 41.2 Å². The molecule has 0 bridgehead atoms. The lowest BCUT2D eigenvalue weighted by Crippen LogP contribution is -2.38. The van der Waals surface area contributed by atoms with Crippen LogP contribution in [0, 0.1) is 0 Å². The van der Waals surface area contributed by atoms with E-state index in [-0.39, 0.29) is 12.0 Å². The standard InChI is InChI=1S/C13H20BrNO2/c1-13(2,9-15-7-10(17)8-16)11-5-3-4-6-12(11)14/h3-6,10,15-17H,7-9H2,1-2H3. The van der Waals surface area contributed by atoms with Gasteiger partial charge in [0.1, 0.15) is 0 Å². The molecule has 0 fully saturated rings. The molecule has 0 aliphatic carbocycles. The van der Waals surface area contributed by atoms with Gasteiger partial charge in [-0.15, -0.1) is 0 Å². The summed E-state index contributed by atoms with van der Waals surface area (Å²) in [6.45, 7) is 5.23. The van der Waals surface area contributed by atoms with Crippen molar-refractivity contribution in [1.82, 2.24) is 5.32 Å². The highest BCUT2D eigenvalue weighted by Gasteiger charge is 2.22. The van der Waals surface area contributed by atoms with Gasteiger partial charge in [0.05, 0.1) is 12.7 Å². The molecule has 0 saturated carbocycles. The Bertz CT molecular complexity index is 355. The van der Waals surface area contributed by atoms with Crippen molar-refractivity contribution in [3.63, 3.8) is 0 Å². The summed E-state index contributed by atoms with van der Waals surface area (Å²) in [7, 11) is 0. The molecule has 0 heterocycles. The number of rotatable bonds is 6. The van der Waals surface area contributed by atoms with Gasteiger partial charge in [-0.3, -0.25) is 0 Å². The molecule has 0 amide bonds. The second-order valence-electron chi connectivity index (χ2n) is 4.83. The van der Waals surface area contributed by atoms with Crippen LogP contribution in [0.3, 0.4) is 0 Å². The van der Waals surface area contributed by atoms with E-state index in [1.165, 1.54) is 5.56 Å². The molecule has 4 heteroatoms. The molecule has 1 aromatic rings. The maximum Gasteiger partial charge on any atom is 0.0894 e. The number of hydrogen-bond donors (Lipinski definition) is 3. The van der Waals surface area contributed by atoms with Gasteiger partial charge in [-0.05, 0) is 11.6 Å². The quantitative estimate of drug-likeness (QED) is 0.749. The molecule has 0 saturated heterocycles. The normalized spacial score (nSPS) is 13.7. The van der Waals surface area contributed by atoms with Crippen molar-refractivity contribution in [2.45, 2.75) is 25.4 Å². The minimum Gasteiger partial charge on any atom is -0.394 e. The Morgan fingerprint density at radius 3 is 2.59 bits per heavy atom. The van der Waals surface area contributed by atoms with Crippen LogP contribution in [0.4, 0.5) is 0 Å². The Hall–Kier alpha value is -0.420. The highest BCUT2D eigenvalue weighted by atomic mass is 79.9. The maximum absolute atomic E-state index is 9.26. The van der Waals surface area contributed by atoms with Crippen LogP contribution in [-0.2, 0) is 5.41 Å². The fraction of sp³-hybridized carbons (Fsp3) is 0.538. The third-order valence-corrected chi connectivity index (χ3v) is 3.45. The van der Waals surface area contributed by atoms with E-state index < -0.39 is 6.10 Å². The zero-order valence-electron chi connectivity index (χ0n) is 10.3. The van der Waals surface area contributed by atoms with E-state index in [4.69, 9.17) is 5.11 Å². The Balaban J connectivity index is 2.60. The van der Waals surface area contributed by atoms with E-state index in [1.807, 2.05) is 18.2 Å². The van der Waals surface area contributed by atoms with Crippen LogP contribution < -0.4 is 5.32 Å². The predicted octanol–water partition coefficient (Wildman–Crippen LogP) is 1.67. The second kappa shape index (κ2) is 6.50. The average molecular weight is 302 g/mol. The summed E-state index contributed by atoms with van der Waals surface area (Å²) < 4.78 is 1.09. The minimum atomic E-state index is -0.690. The van der Waals surface area contributed by atoms with Crippen LogP contribution in [0.2, 0.25) is 0 Å². The number of halogens is 1. The fourth-order valence-corrected chi connectivity index (χ4v) is 2.54. The van der Waals surface area contributed by atoms with E-state index >= 15 is 0 Å². The molecule has 1 unspecified atom stereocenters. The highest BCUT2D eigenvalue weighted by Crippen LogP contribution is 2.29. The second-order valence-corrected chi connectivity index (χ2v) is 5.69. The van der Waals surface area contributed by atoms with Gasteiger partial charge in [0.2, 0.25) is 0 Å². The molecule has 17 heavy (non-hydrogen) atoms. The van der Waals surface area contributed by atoms with Crippen molar-refractivity contribution in [2.75, 3.05) is 19.7 Å². The van der Waals surface area contributed by atoms with Gasteiger partial charge in [-0.25, -0.2) is 0 Å².